The Morgan fingerprint density at radius 2 is 1.75 bits per heavy atom. The van der Waals surface area contributed by atoms with Gasteiger partial charge in [0.2, 0.25) is 5.91 Å². The first kappa shape index (κ1) is 17.6. The van der Waals surface area contributed by atoms with Crippen molar-refractivity contribution in [1.82, 2.24) is 0 Å². The minimum atomic E-state index is -0.294. The Hall–Kier alpha value is -0.480. The van der Waals surface area contributed by atoms with Gasteiger partial charge in [-0.2, -0.15) is 0 Å². The second-order valence-corrected chi connectivity index (χ2v) is 7.18. The SMILES string of the molecule is CC(C)(C)CC(CN)C(=O)Nc1c(Cl)cc(Cl)cc1Cl. The van der Waals surface area contributed by atoms with E-state index in [0.29, 0.717) is 27.2 Å². The van der Waals surface area contributed by atoms with Crippen LogP contribution in [0.1, 0.15) is 27.2 Å². The number of nitrogens with two attached hydrogens (primary N) is 1. The van der Waals surface area contributed by atoms with Gasteiger partial charge in [0.25, 0.3) is 0 Å². The van der Waals surface area contributed by atoms with Crippen LogP contribution in [0, 0.1) is 11.3 Å². The number of anilines is 1. The number of carbonyl (C=O) groups excluding carboxylic acids is 1. The number of hydrogen-bond donors (Lipinski definition) is 2. The molecule has 20 heavy (non-hydrogen) atoms. The van der Waals surface area contributed by atoms with E-state index in [1.807, 2.05) is 0 Å². The Morgan fingerprint density at radius 3 is 2.15 bits per heavy atom. The first-order valence-electron chi connectivity index (χ1n) is 6.29. The fourth-order valence-corrected chi connectivity index (χ4v) is 2.82. The second kappa shape index (κ2) is 6.99. The first-order chi connectivity index (χ1) is 9.14. The Bertz CT molecular complexity index is 475. The van der Waals surface area contributed by atoms with E-state index >= 15 is 0 Å². The van der Waals surface area contributed by atoms with Crippen LogP contribution < -0.4 is 11.1 Å². The normalized spacial score (nSPS) is 13.2. The van der Waals surface area contributed by atoms with E-state index in [1.165, 1.54) is 12.1 Å². The number of halogens is 3. The number of benzene rings is 1. The summed E-state index contributed by atoms with van der Waals surface area (Å²) in [6.07, 6.45) is 0.679. The van der Waals surface area contributed by atoms with Gasteiger partial charge in [0, 0.05) is 11.6 Å². The van der Waals surface area contributed by atoms with Crippen LogP contribution >= 0.6 is 34.8 Å². The predicted octanol–water partition coefficient (Wildman–Crippen LogP) is 4.60. The summed E-state index contributed by atoms with van der Waals surface area (Å²) >= 11 is 17.9. The van der Waals surface area contributed by atoms with Crippen LogP contribution in [-0.4, -0.2) is 12.5 Å². The highest BCUT2D eigenvalue weighted by Gasteiger charge is 2.24. The molecule has 0 aliphatic carbocycles. The van der Waals surface area contributed by atoms with E-state index in [2.05, 4.69) is 26.1 Å². The molecule has 3 N–H and O–H groups in total. The number of nitrogens with one attached hydrogen (secondary N) is 1. The van der Waals surface area contributed by atoms with Crippen molar-refractivity contribution in [2.45, 2.75) is 27.2 Å². The van der Waals surface area contributed by atoms with Crippen LogP contribution in [0.15, 0.2) is 12.1 Å². The summed E-state index contributed by atoms with van der Waals surface area (Å²) < 4.78 is 0. The van der Waals surface area contributed by atoms with E-state index < -0.39 is 0 Å². The molecule has 6 heteroatoms. The Morgan fingerprint density at radius 1 is 1.25 bits per heavy atom. The lowest BCUT2D eigenvalue weighted by Gasteiger charge is -2.24. The van der Waals surface area contributed by atoms with Gasteiger partial charge in [-0.25, -0.2) is 0 Å². The Labute approximate surface area is 134 Å². The largest absolute Gasteiger partial charge is 0.330 e. The maximum atomic E-state index is 12.3. The smallest absolute Gasteiger partial charge is 0.228 e. The van der Waals surface area contributed by atoms with Crippen molar-refractivity contribution in [2.24, 2.45) is 17.1 Å². The van der Waals surface area contributed by atoms with Crippen molar-refractivity contribution in [3.05, 3.63) is 27.2 Å². The van der Waals surface area contributed by atoms with Crippen molar-refractivity contribution in [3.8, 4) is 0 Å². The van der Waals surface area contributed by atoms with Crippen molar-refractivity contribution in [1.29, 1.82) is 0 Å². The molecule has 1 unspecified atom stereocenters. The average molecular weight is 338 g/mol. The zero-order valence-electron chi connectivity index (χ0n) is 11.8. The molecule has 0 saturated carbocycles. The molecule has 0 aliphatic rings. The van der Waals surface area contributed by atoms with Gasteiger partial charge in [-0.1, -0.05) is 55.6 Å². The standard InChI is InChI=1S/C14H19Cl3N2O/c1-14(2,3)6-8(7-18)13(20)19-12-10(16)4-9(15)5-11(12)17/h4-5,8H,6-7,18H2,1-3H3,(H,19,20). The highest BCUT2D eigenvalue weighted by Crippen LogP contribution is 2.34. The zero-order valence-corrected chi connectivity index (χ0v) is 14.0. The van der Waals surface area contributed by atoms with Gasteiger partial charge >= 0.3 is 0 Å². The van der Waals surface area contributed by atoms with Crippen molar-refractivity contribution >= 4 is 46.4 Å². The first-order valence-corrected chi connectivity index (χ1v) is 7.43. The van der Waals surface area contributed by atoms with Gasteiger partial charge in [-0.05, 0) is 24.0 Å². The summed E-state index contributed by atoms with van der Waals surface area (Å²) in [5.74, 6) is -0.480. The Kier molecular flexibility index (Phi) is 6.14. The summed E-state index contributed by atoms with van der Waals surface area (Å²) in [5.41, 5.74) is 6.07. The lowest BCUT2D eigenvalue weighted by Crippen LogP contribution is -2.32. The molecule has 0 aromatic heterocycles. The van der Waals surface area contributed by atoms with E-state index in [1.54, 1.807) is 0 Å². The molecule has 0 fully saturated rings. The van der Waals surface area contributed by atoms with Gasteiger partial charge in [0.15, 0.2) is 0 Å². The minimum absolute atomic E-state index is 0.00889. The lowest BCUT2D eigenvalue weighted by molar-refractivity contribution is -0.120. The third-order valence-electron chi connectivity index (χ3n) is 2.77. The van der Waals surface area contributed by atoms with Crippen molar-refractivity contribution in [3.63, 3.8) is 0 Å². The highest BCUT2D eigenvalue weighted by atomic mass is 35.5. The molecule has 0 aliphatic heterocycles. The number of carbonyl (C=O) groups is 1. The van der Waals surface area contributed by atoms with Gasteiger partial charge < -0.3 is 11.1 Å². The fraction of sp³-hybridized carbons (Fsp3) is 0.500. The molecule has 3 nitrogen and oxygen atoms in total. The zero-order chi connectivity index (χ0) is 15.5. The van der Waals surface area contributed by atoms with Gasteiger partial charge in [-0.15, -0.1) is 0 Å². The van der Waals surface area contributed by atoms with Crippen LogP contribution in [0.4, 0.5) is 5.69 Å². The summed E-state index contributed by atoms with van der Waals surface area (Å²) in [6.45, 7) is 6.45. The maximum absolute atomic E-state index is 12.3. The number of amides is 1. The molecular weight excluding hydrogens is 319 g/mol. The second-order valence-electron chi connectivity index (χ2n) is 5.93. The average Bonchev–Trinajstić information content (AvgIpc) is 2.29. The van der Waals surface area contributed by atoms with Crippen LogP contribution in [0.5, 0.6) is 0 Å². The van der Waals surface area contributed by atoms with Crippen molar-refractivity contribution < 1.29 is 4.79 Å². The molecule has 1 atom stereocenters. The molecule has 1 rings (SSSR count). The summed E-state index contributed by atoms with van der Waals surface area (Å²) in [4.78, 5) is 12.3. The topological polar surface area (TPSA) is 55.1 Å². The maximum Gasteiger partial charge on any atom is 0.228 e. The van der Waals surface area contributed by atoms with Crippen LogP contribution in [0.2, 0.25) is 15.1 Å². The number of hydrogen-bond acceptors (Lipinski definition) is 2. The van der Waals surface area contributed by atoms with Gasteiger partial charge in [0.05, 0.1) is 21.7 Å². The lowest BCUT2D eigenvalue weighted by atomic mass is 9.84. The molecule has 1 amide bonds. The molecule has 0 bridgehead atoms. The van der Waals surface area contributed by atoms with E-state index in [0.717, 1.165) is 0 Å². The molecular formula is C14H19Cl3N2O. The molecule has 0 radical (unpaired) electrons. The third-order valence-corrected chi connectivity index (χ3v) is 3.58. The van der Waals surface area contributed by atoms with Crippen LogP contribution in [0.3, 0.4) is 0 Å². The minimum Gasteiger partial charge on any atom is -0.330 e. The summed E-state index contributed by atoms with van der Waals surface area (Å²) in [5, 5.41) is 3.77. The van der Waals surface area contributed by atoms with Crippen LogP contribution in [-0.2, 0) is 4.79 Å². The molecule has 0 saturated heterocycles. The molecule has 112 valence electrons. The van der Waals surface area contributed by atoms with E-state index in [4.69, 9.17) is 40.5 Å². The molecule has 1 aromatic rings. The van der Waals surface area contributed by atoms with Crippen LogP contribution in [0.25, 0.3) is 0 Å². The van der Waals surface area contributed by atoms with E-state index in [-0.39, 0.29) is 23.8 Å². The third kappa shape index (κ3) is 5.13. The molecule has 0 heterocycles. The highest BCUT2D eigenvalue weighted by molar-refractivity contribution is 6.42. The number of rotatable bonds is 4. The molecule has 0 spiro atoms. The van der Waals surface area contributed by atoms with Gasteiger partial charge in [0.1, 0.15) is 0 Å². The van der Waals surface area contributed by atoms with Crippen molar-refractivity contribution in [2.75, 3.05) is 11.9 Å². The monoisotopic (exact) mass is 336 g/mol. The molecule has 1 aromatic carbocycles. The Balaban J connectivity index is 2.89. The quantitative estimate of drug-likeness (QED) is 0.844. The van der Waals surface area contributed by atoms with Gasteiger partial charge in [-0.3, -0.25) is 4.79 Å². The predicted molar refractivity (Wildman–Crippen MR) is 86.7 cm³/mol. The van der Waals surface area contributed by atoms with E-state index in [9.17, 15) is 4.79 Å². The fourth-order valence-electron chi connectivity index (χ4n) is 1.91. The summed E-state index contributed by atoms with van der Waals surface area (Å²) in [7, 11) is 0. The summed E-state index contributed by atoms with van der Waals surface area (Å²) in [6, 6.07) is 3.07.